The van der Waals surface area contributed by atoms with Gasteiger partial charge in [0.1, 0.15) is 5.69 Å². The Bertz CT molecular complexity index is 985. The zero-order valence-electron chi connectivity index (χ0n) is 18.0. The quantitative estimate of drug-likeness (QED) is 0.345. The summed E-state index contributed by atoms with van der Waals surface area (Å²) in [5, 5.41) is 11.5. The van der Waals surface area contributed by atoms with Gasteiger partial charge in [-0.1, -0.05) is 13.8 Å². The van der Waals surface area contributed by atoms with Crippen molar-refractivity contribution in [2.24, 2.45) is 5.92 Å². The first-order chi connectivity index (χ1) is 14.5. The summed E-state index contributed by atoms with van der Waals surface area (Å²) < 4.78 is 23.5. The van der Waals surface area contributed by atoms with Crippen molar-refractivity contribution in [3.05, 3.63) is 28.3 Å². The molecule has 2 aliphatic rings. The van der Waals surface area contributed by atoms with Crippen LogP contribution in [0.3, 0.4) is 0 Å². The van der Waals surface area contributed by atoms with Gasteiger partial charge in [-0.15, -0.1) is 0 Å². The molecule has 0 aliphatic carbocycles. The Morgan fingerprint density at radius 1 is 1.16 bits per heavy atom. The van der Waals surface area contributed by atoms with Crippen LogP contribution in [0.15, 0.2) is 23.1 Å². The van der Waals surface area contributed by atoms with Gasteiger partial charge in [0.05, 0.1) is 22.3 Å². The standard InChI is InChI=1S/C20H28N4O6S/c1-14(2)6-7-23-19(25)13-18(20(23)26)22-10-8-21(9-11-22)16-5-4-15(31(3,29)30)12-17(16)24(27)28/h4-5,12,14,18H,6-11,13H2,1-3H3/t18-/m0/s1. The number of nitro groups is 1. The molecule has 0 unspecified atom stereocenters. The second kappa shape index (κ2) is 8.91. The highest BCUT2D eigenvalue weighted by molar-refractivity contribution is 7.90. The molecule has 2 fully saturated rings. The summed E-state index contributed by atoms with van der Waals surface area (Å²) >= 11 is 0. The van der Waals surface area contributed by atoms with Gasteiger partial charge in [0, 0.05) is 45.0 Å². The van der Waals surface area contributed by atoms with Crippen LogP contribution in [0.1, 0.15) is 26.7 Å². The summed E-state index contributed by atoms with van der Waals surface area (Å²) in [4.78, 5) is 41.0. The Morgan fingerprint density at radius 3 is 2.35 bits per heavy atom. The van der Waals surface area contributed by atoms with Gasteiger partial charge in [-0.3, -0.25) is 29.5 Å². The lowest BCUT2D eigenvalue weighted by Crippen LogP contribution is -2.52. The Labute approximate surface area is 181 Å². The van der Waals surface area contributed by atoms with E-state index in [-0.39, 0.29) is 28.8 Å². The largest absolute Gasteiger partial charge is 0.363 e. The highest BCUT2D eigenvalue weighted by atomic mass is 32.2. The van der Waals surface area contributed by atoms with Crippen LogP contribution in [-0.2, 0) is 19.4 Å². The van der Waals surface area contributed by atoms with E-state index in [4.69, 9.17) is 0 Å². The molecule has 1 atom stereocenters. The van der Waals surface area contributed by atoms with Crippen molar-refractivity contribution >= 4 is 33.0 Å². The van der Waals surface area contributed by atoms with Gasteiger partial charge in [-0.25, -0.2) is 8.42 Å². The van der Waals surface area contributed by atoms with E-state index < -0.39 is 20.8 Å². The van der Waals surface area contributed by atoms with Crippen molar-refractivity contribution in [1.82, 2.24) is 9.80 Å². The molecule has 3 rings (SSSR count). The third kappa shape index (κ3) is 5.04. The molecule has 2 aliphatic heterocycles. The fraction of sp³-hybridized carbons (Fsp3) is 0.600. The molecule has 11 heteroatoms. The number of rotatable bonds is 7. The lowest BCUT2D eigenvalue weighted by Gasteiger charge is -2.37. The van der Waals surface area contributed by atoms with E-state index in [0.29, 0.717) is 44.3 Å². The number of hydrogen-bond acceptors (Lipinski definition) is 8. The van der Waals surface area contributed by atoms with Crippen LogP contribution < -0.4 is 4.90 Å². The molecule has 0 saturated carbocycles. The monoisotopic (exact) mass is 452 g/mol. The number of piperazine rings is 1. The van der Waals surface area contributed by atoms with E-state index in [1.807, 2.05) is 23.6 Å². The number of imide groups is 1. The Hall–Kier alpha value is -2.53. The number of sulfone groups is 1. The molecule has 0 radical (unpaired) electrons. The van der Waals surface area contributed by atoms with Crippen LogP contribution in [0.25, 0.3) is 0 Å². The third-order valence-electron chi connectivity index (χ3n) is 5.82. The second-order valence-electron chi connectivity index (χ2n) is 8.49. The maximum Gasteiger partial charge on any atom is 0.293 e. The molecule has 2 heterocycles. The highest BCUT2D eigenvalue weighted by Crippen LogP contribution is 2.32. The lowest BCUT2D eigenvalue weighted by molar-refractivity contribution is -0.384. The Kier molecular flexibility index (Phi) is 6.65. The zero-order valence-corrected chi connectivity index (χ0v) is 18.8. The molecular formula is C20H28N4O6S. The predicted molar refractivity (Wildman–Crippen MR) is 115 cm³/mol. The van der Waals surface area contributed by atoms with Crippen molar-refractivity contribution in [3.63, 3.8) is 0 Å². The first kappa shape index (κ1) is 23.1. The molecule has 2 saturated heterocycles. The third-order valence-corrected chi connectivity index (χ3v) is 6.93. The average Bonchev–Trinajstić information content (AvgIpc) is 2.99. The molecule has 0 aromatic heterocycles. The Morgan fingerprint density at radius 2 is 1.81 bits per heavy atom. The van der Waals surface area contributed by atoms with Gasteiger partial charge >= 0.3 is 0 Å². The second-order valence-corrected chi connectivity index (χ2v) is 10.5. The van der Waals surface area contributed by atoms with E-state index in [2.05, 4.69) is 0 Å². The predicted octanol–water partition coefficient (Wildman–Crippen LogP) is 1.29. The van der Waals surface area contributed by atoms with Gasteiger partial charge in [0.25, 0.3) is 5.69 Å². The topological polar surface area (TPSA) is 121 Å². The number of hydrogen-bond donors (Lipinski definition) is 0. The number of anilines is 1. The molecular weight excluding hydrogens is 424 g/mol. The lowest BCUT2D eigenvalue weighted by atomic mass is 10.1. The van der Waals surface area contributed by atoms with Gasteiger partial charge < -0.3 is 4.90 Å². The fourth-order valence-corrected chi connectivity index (χ4v) is 4.64. The van der Waals surface area contributed by atoms with Crippen LogP contribution in [-0.4, -0.2) is 80.0 Å². The number of nitrogens with zero attached hydrogens (tertiary/aromatic N) is 4. The van der Waals surface area contributed by atoms with Crippen molar-refractivity contribution in [2.45, 2.75) is 37.6 Å². The van der Waals surface area contributed by atoms with Crippen molar-refractivity contribution in [1.29, 1.82) is 0 Å². The summed E-state index contributed by atoms with van der Waals surface area (Å²) in [7, 11) is -3.56. The summed E-state index contributed by atoms with van der Waals surface area (Å²) in [5.74, 6) is 0.0840. The smallest absolute Gasteiger partial charge is 0.293 e. The number of carbonyl (C=O) groups excluding carboxylic acids is 2. The maximum absolute atomic E-state index is 12.8. The minimum absolute atomic E-state index is 0.0989. The SMILES string of the molecule is CC(C)CCN1C(=O)C[C@H](N2CCN(c3ccc(S(C)(=O)=O)cc3[N+](=O)[O-])CC2)C1=O. The first-order valence-corrected chi connectivity index (χ1v) is 12.2. The molecule has 1 aromatic carbocycles. The van der Waals surface area contributed by atoms with Crippen LogP contribution in [0, 0.1) is 16.0 Å². The molecule has 31 heavy (non-hydrogen) atoms. The molecule has 170 valence electrons. The molecule has 0 N–H and O–H groups in total. The molecule has 0 bridgehead atoms. The molecule has 10 nitrogen and oxygen atoms in total. The summed E-state index contributed by atoms with van der Waals surface area (Å²) in [6.45, 7) is 6.35. The molecule has 2 amide bonds. The van der Waals surface area contributed by atoms with Crippen molar-refractivity contribution < 1.29 is 22.9 Å². The molecule has 0 spiro atoms. The van der Waals surface area contributed by atoms with Crippen LogP contribution in [0.2, 0.25) is 0 Å². The minimum atomic E-state index is -3.56. The van der Waals surface area contributed by atoms with Crippen molar-refractivity contribution in [2.75, 3.05) is 43.9 Å². The van der Waals surface area contributed by atoms with E-state index in [9.17, 15) is 28.1 Å². The number of nitro benzene ring substituents is 1. The number of carbonyl (C=O) groups is 2. The van der Waals surface area contributed by atoms with E-state index in [0.717, 1.165) is 18.7 Å². The van der Waals surface area contributed by atoms with Gasteiger partial charge in [-0.2, -0.15) is 0 Å². The number of likely N-dealkylation sites (tertiary alicyclic amines) is 1. The van der Waals surface area contributed by atoms with Crippen LogP contribution in [0.4, 0.5) is 11.4 Å². The van der Waals surface area contributed by atoms with Gasteiger partial charge in [-0.05, 0) is 24.5 Å². The van der Waals surface area contributed by atoms with E-state index in [1.165, 1.54) is 17.0 Å². The van der Waals surface area contributed by atoms with E-state index in [1.54, 1.807) is 0 Å². The summed E-state index contributed by atoms with van der Waals surface area (Å²) in [5.41, 5.74) is 0.0905. The number of amides is 2. The zero-order chi connectivity index (χ0) is 22.9. The van der Waals surface area contributed by atoms with E-state index >= 15 is 0 Å². The van der Waals surface area contributed by atoms with Gasteiger partial charge in [0.15, 0.2) is 9.84 Å². The highest BCUT2D eigenvalue weighted by Gasteiger charge is 2.42. The summed E-state index contributed by atoms with van der Waals surface area (Å²) in [6, 6.07) is 3.44. The Balaban J connectivity index is 1.69. The average molecular weight is 453 g/mol. The van der Waals surface area contributed by atoms with Crippen LogP contribution in [0.5, 0.6) is 0 Å². The summed E-state index contributed by atoms with van der Waals surface area (Å²) in [6.07, 6.45) is 1.94. The number of benzene rings is 1. The minimum Gasteiger partial charge on any atom is -0.363 e. The molecule has 1 aromatic rings. The van der Waals surface area contributed by atoms with Crippen molar-refractivity contribution in [3.8, 4) is 0 Å². The fourth-order valence-electron chi connectivity index (χ4n) is 4.00. The van der Waals surface area contributed by atoms with Gasteiger partial charge in [0.2, 0.25) is 11.8 Å². The van der Waals surface area contributed by atoms with Crippen LogP contribution >= 0.6 is 0 Å². The maximum atomic E-state index is 12.8. The normalized spacial score (nSPS) is 20.7. The first-order valence-electron chi connectivity index (χ1n) is 10.3.